The third kappa shape index (κ3) is 3.73. The molecular formula is C13H19N9. The van der Waals surface area contributed by atoms with Crippen LogP contribution in [-0.4, -0.2) is 66.2 Å². The van der Waals surface area contributed by atoms with Gasteiger partial charge in [-0.05, 0) is 7.05 Å². The lowest BCUT2D eigenvalue weighted by Crippen LogP contribution is -2.47. The highest BCUT2D eigenvalue weighted by atomic mass is 15.5. The molecule has 2 rings (SSSR count). The van der Waals surface area contributed by atoms with Crippen molar-refractivity contribution in [2.24, 2.45) is 0 Å². The minimum Gasteiger partial charge on any atom is -0.393 e. The monoisotopic (exact) mass is 301 g/mol. The first-order valence-electron chi connectivity index (χ1n) is 6.95. The molecule has 22 heavy (non-hydrogen) atoms. The van der Waals surface area contributed by atoms with E-state index in [1.54, 1.807) is 0 Å². The van der Waals surface area contributed by atoms with Gasteiger partial charge in [0.05, 0.1) is 12.1 Å². The Bertz CT molecular complexity index is 564. The lowest BCUT2D eigenvalue weighted by molar-refractivity contribution is 0.178. The Labute approximate surface area is 129 Å². The molecule has 116 valence electrons. The first-order chi connectivity index (χ1) is 10.7. The van der Waals surface area contributed by atoms with E-state index in [2.05, 4.69) is 27.3 Å². The molecule has 2 heterocycles. The van der Waals surface area contributed by atoms with Gasteiger partial charge in [0.2, 0.25) is 0 Å². The number of hydrazine groups is 1. The Morgan fingerprint density at radius 1 is 1.23 bits per heavy atom. The van der Waals surface area contributed by atoms with Crippen LogP contribution in [0.15, 0.2) is 6.33 Å². The van der Waals surface area contributed by atoms with Crippen molar-refractivity contribution >= 4 is 17.3 Å². The molecule has 1 aromatic rings. The summed E-state index contributed by atoms with van der Waals surface area (Å²) in [5.74, 6) is 0.894. The molecule has 0 spiro atoms. The second kappa shape index (κ2) is 7.41. The number of piperazine rings is 1. The van der Waals surface area contributed by atoms with Gasteiger partial charge >= 0.3 is 0 Å². The Morgan fingerprint density at radius 2 is 1.86 bits per heavy atom. The third-order valence-electron chi connectivity index (χ3n) is 3.45. The van der Waals surface area contributed by atoms with Crippen molar-refractivity contribution in [3.05, 3.63) is 6.33 Å². The van der Waals surface area contributed by atoms with E-state index in [1.807, 2.05) is 17.1 Å². The topological polar surface area (TPSA) is 121 Å². The van der Waals surface area contributed by atoms with Gasteiger partial charge < -0.3 is 21.0 Å². The zero-order valence-corrected chi connectivity index (χ0v) is 12.5. The molecule has 9 nitrogen and oxygen atoms in total. The van der Waals surface area contributed by atoms with Gasteiger partial charge in [0, 0.05) is 26.2 Å². The smallest absolute Gasteiger partial charge is 0.169 e. The van der Waals surface area contributed by atoms with Crippen LogP contribution in [0.3, 0.4) is 0 Å². The molecule has 1 aromatic heterocycles. The standard InChI is InChI=1S/C13H19N9/c1-20-6-8-22(9-7-20)19-12-11(16)13(18-10-17-12)21(4-2-14)5-3-15/h10H,4-9,16H2,1H3,(H,17,18,19). The summed E-state index contributed by atoms with van der Waals surface area (Å²) < 4.78 is 0. The maximum atomic E-state index is 8.86. The van der Waals surface area contributed by atoms with E-state index in [-0.39, 0.29) is 13.1 Å². The van der Waals surface area contributed by atoms with Gasteiger partial charge in [-0.1, -0.05) is 0 Å². The molecule has 0 unspecified atom stereocenters. The average Bonchev–Trinajstić information content (AvgIpc) is 2.51. The number of anilines is 3. The molecule has 3 N–H and O–H groups in total. The van der Waals surface area contributed by atoms with Crippen LogP contribution in [-0.2, 0) is 0 Å². The number of aromatic nitrogens is 2. The van der Waals surface area contributed by atoms with Crippen molar-refractivity contribution < 1.29 is 0 Å². The second-order valence-electron chi connectivity index (χ2n) is 5.03. The predicted molar refractivity (Wildman–Crippen MR) is 82.6 cm³/mol. The number of nitrogens with one attached hydrogen (secondary N) is 1. The van der Waals surface area contributed by atoms with E-state index in [9.17, 15) is 0 Å². The summed E-state index contributed by atoms with van der Waals surface area (Å²) in [5, 5.41) is 19.8. The van der Waals surface area contributed by atoms with Gasteiger partial charge in [-0.25, -0.2) is 15.0 Å². The molecule has 1 aliphatic heterocycles. The second-order valence-corrected chi connectivity index (χ2v) is 5.03. The number of hydrogen-bond acceptors (Lipinski definition) is 9. The van der Waals surface area contributed by atoms with Crippen LogP contribution in [0, 0.1) is 22.7 Å². The van der Waals surface area contributed by atoms with E-state index in [4.69, 9.17) is 16.3 Å². The number of likely N-dealkylation sites (N-methyl/N-ethyl adjacent to an activating group) is 1. The minimum atomic E-state index is 0.0444. The normalized spacial score (nSPS) is 15.8. The minimum absolute atomic E-state index is 0.0444. The van der Waals surface area contributed by atoms with E-state index < -0.39 is 0 Å². The molecule has 0 aliphatic carbocycles. The van der Waals surface area contributed by atoms with Crippen LogP contribution in [0.2, 0.25) is 0 Å². The van der Waals surface area contributed by atoms with Crippen molar-refractivity contribution in [2.75, 3.05) is 62.4 Å². The van der Waals surface area contributed by atoms with Crippen LogP contribution < -0.4 is 16.1 Å². The highest BCUT2D eigenvalue weighted by Crippen LogP contribution is 2.26. The Balaban J connectivity index is 2.15. The Morgan fingerprint density at radius 3 is 2.45 bits per heavy atom. The van der Waals surface area contributed by atoms with Crippen LogP contribution in [0.1, 0.15) is 0 Å². The van der Waals surface area contributed by atoms with Crippen LogP contribution in [0.25, 0.3) is 0 Å². The summed E-state index contributed by atoms with van der Waals surface area (Å²) in [6, 6.07) is 4.01. The molecular weight excluding hydrogens is 282 g/mol. The number of nitrogens with two attached hydrogens (primary N) is 1. The van der Waals surface area contributed by atoms with Gasteiger partial charge in [0.25, 0.3) is 0 Å². The lowest BCUT2D eigenvalue weighted by Gasteiger charge is -2.33. The van der Waals surface area contributed by atoms with E-state index >= 15 is 0 Å². The first kappa shape index (κ1) is 15.8. The molecule has 1 saturated heterocycles. The number of rotatable bonds is 5. The van der Waals surface area contributed by atoms with Gasteiger partial charge in [-0.2, -0.15) is 10.5 Å². The molecule has 1 fully saturated rings. The summed E-state index contributed by atoms with van der Waals surface area (Å²) in [6.07, 6.45) is 1.38. The van der Waals surface area contributed by atoms with Crippen molar-refractivity contribution in [1.29, 1.82) is 10.5 Å². The van der Waals surface area contributed by atoms with Crippen LogP contribution in [0.5, 0.6) is 0 Å². The van der Waals surface area contributed by atoms with Gasteiger partial charge in [-0.3, -0.25) is 0 Å². The number of hydrogen-bond donors (Lipinski definition) is 2. The van der Waals surface area contributed by atoms with Gasteiger partial charge in [0.15, 0.2) is 11.6 Å². The van der Waals surface area contributed by atoms with Crippen LogP contribution >= 0.6 is 0 Å². The summed E-state index contributed by atoms with van der Waals surface area (Å²) in [6.45, 7) is 3.72. The highest BCUT2D eigenvalue weighted by molar-refractivity contribution is 5.75. The molecule has 1 aliphatic rings. The summed E-state index contributed by atoms with van der Waals surface area (Å²) >= 11 is 0. The zero-order valence-electron chi connectivity index (χ0n) is 12.5. The fraction of sp³-hybridized carbons (Fsp3) is 0.538. The quantitative estimate of drug-likeness (QED) is 0.692. The lowest BCUT2D eigenvalue weighted by atomic mass is 10.3. The van der Waals surface area contributed by atoms with Crippen molar-refractivity contribution in [3.8, 4) is 12.1 Å². The molecule has 0 saturated carbocycles. The number of nitrogen functional groups attached to an aromatic ring is 1. The van der Waals surface area contributed by atoms with Gasteiger partial charge in [-0.15, -0.1) is 0 Å². The van der Waals surface area contributed by atoms with Crippen molar-refractivity contribution in [1.82, 2.24) is 19.9 Å². The average molecular weight is 301 g/mol. The fourth-order valence-corrected chi connectivity index (χ4v) is 2.17. The molecule has 9 heteroatoms. The number of nitriles is 2. The molecule has 0 bridgehead atoms. The van der Waals surface area contributed by atoms with Gasteiger partial charge in [0.1, 0.15) is 25.1 Å². The van der Waals surface area contributed by atoms with E-state index in [0.717, 1.165) is 26.2 Å². The largest absolute Gasteiger partial charge is 0.393 e. The van der Waals surface area contributed by atoms with Crippen molar-refractivity contribution in [3.63, 3.8) is 0 Å². The van der Waals surface area contributed by atoms with E-state index in [0.29, 0.717) is 17.3 Å². The van der Waals surface area contributed by atoms with Crippen LogP contribution in [0.4, 0.5) is 17.3 Å². The Kier molecular flexibility index (Phi) is 5.31. The maximum absolute atomic E-state index is 8.86. The highest BCUT2D eigenvalue weighted by Gasteiger charge is 2.18. The summed E-state index contributed by atoms with van der Waals surface area (Å²) in [4.78, 5) is 12.0. The molecule has 0 aromatic carbocycles. The third-order valence-corrected chi connectivity index (χ3v) is 3.45. The SMILES string of the molecule is CN1CCN(Nc2ncnc(N(CC#N)CC#N)c2N)CC1. The number of nitrogens with zero attached hydrogens (tertiary/aromatic N) is 7. The van der Waals surface area contributed by atoms with Crippen molar-refractivity contribution in [2.45, 2.75) is 0 Å². The zero-order chi connectivity index (χ0) is 15.9. The predicted octanol–water partition coefficient (Wildman–Crippen LogP) is -0.513. The summed E-state index contributed by atoms with van der Waals surface area (Å²) in [7, 11) is 2.08. The molecule has 0 atom stereocenters. The maximum Gasteiger partial charge on any atom is 0.169 e. The summed E-state index contributed by atoms with van der Waals surface area (Å²) in [5.41, 5.74) is 9.63. The fourth-order valence-electron chi connectivity index (χ4n) is 2.17. The molecule has 0 radical (unpaired) electrons. The Hall–Kier alpha value is -2.62. The first-order valence-corrected chi connectivity index (χ1v) is 6.95. The van der Waals surface area contributed by atoms with E-state index in [1.165, 1.54) is 11.2 Å². The molecule has 0 amide bonds.